The normalized spacial score (nSPS) is 12.7. The largest absolute Gasteiger partial charge is 0.271 e. The van der Waals surface area contributed by atoms with Crippen molar-refractivity contribution in [1.82, 2.24) is 15.0 Å². The molecule has 0 fully saturated rings. The van der Waals surface area contributed by atoms with Crippen LogP contribution >= 0.6 is 11.5 Å². The number of nitrogens with zero attached hydrogens (tertiary/aromatic N) is 2. The van der Waals surface area contributed by atoms with E-state index in [-0.39, 0.29) is 5.56 Å². The van der Waals surface area contributed by atoms with Gasteiger partial charge in [-0.15, -0.1) is 5.10 Å². The van der Waals surface area contributed by atoms with E-state index in [2.05, 4.69) is 15.0 Å². The van der Waals surface area contributed by atoms with Crippen LogP contribution in [0.1, 0.15) is 17.3 Å². The molecule has 3 N–H and O–H groups in total. The monoisotopic (exact) mass is 242 g/mol. The molecule has 0 aliphatic carbocycles. The third-order valence-electron chi connectivity index (χ3n) is 2.11. The first-order chi connectivity index (χ1) is 7.72. The van der Waals surface area contributed by atoms with Gasteiger partial charge in [-0.3, -0.25) is 5.84 Å². The highest BCUT2D eigenvalue weighted by molar-refractivity contribution is 7.03. The molecule has 1 aromatic carbocycles. The van der Waals surface area contributed by atoms with Crippen molar-refractivity contribution in [1.29, 1.82) is 0 Å². The Labute approximate surface area is 94.2 Å². The van der Waals surface area contributed by atoms with Crippen molar-refractivity contribution in [3.8, 4) is 0 Å². The minimum absolute atomic E-state index is 0.233. The van der Waals surface area contributed by atoms with Gasteiger partial charge in [0, 0.05) is 17.0 Å². The van der Waals surface area contributed by atoms with Gasteiger partial charge in [0.1, 0.15) is 11.6 Å². The number of rotatable bonds is 3. The molecule has 0 aliphatic rings. The topological polar surface area (TPSA) is 63.8 Å². The molecule has 0 aliphatic heterocycles. The summed E-state index contributed by atoms with van der Waals surface area (Å²) in [6.07, 6.45) is 0. The van der Waals surface area contributed by atoms with Crippen molar-refractivity contribution in [3.05, 3.63) is 46.5 Å². The van der Waals surface area contributed by atoms with E-state index in [1.165, 1.54) is 12.1 Å². The third-order valence-corrected chi connectivity index (χ3v) is 2.64. The number of benzene rings is 1. The molecule has 4 nitrogen and oxygen atoms in total. The smallest absolute Gasteiger partial charge is 0.131 e. The van der Waals surface area contributed by atoms with Gasteiger partial charge in [0.05, 0.1) is 11.7 Å². The average Bonchev–Trinajstić information content (AvgIpc) is 2.75. The highest BCUT2D eigenvalue weighted by Gasteiger charge is 2.19. The summed E-state index contributed by atoms with van der Waals surface area (Å²) in [6.45, 7) is 0. The first-order valence-corrected chi connectivity index (χ1v) is 5.24. The van der Waals surface area contributed by atoms with Crippen molar-refractivity contribution in [2.75, 3.05) is 0 Å². The van der Waals surface area contributed by atoms with Gasteiger partial charge in [-0.05, 0) is 17.6 Å². The van der Waals surface area contributed by atoms with Gasteiger partial charge in [-0.2, -0.15) is 0 Å². The summed E-state index contributed by atoms with van der Waals surface area (Å²) in [5.41, 5.74) is 3.15. The highest BCUT2D eigenvalue weighted by atomic mass is 32.1. The molecule has 84 valence electrons. The van der Waals surface area contributed by atoms with E-state index in [1.54, 1.807) is 5.38 Å². The first kappa shape index (κ1) is 11.1. The number of hydrazine groups is 1. The molecule has 1 atom stereocenters. The lowest BCUT2D eigenvalue weighted by atomic mass is 10.0. The van der Waals surface area contributed by atoms with Gasteiger partial charge in [0.15, 0.2) is 0 Å². The van der Waals surface area contributed by atoms with Crippen molar-refractivity contribution in [3.63, 3.8) is 0 Å². The Morgan fingerprint density at radius 1 is 1.38 bits per heavy atom. The van der Waals surface area contributed by atoms with Crippen LogP contribution in [0.3, 0.4) is 0 Å². The quantitative estimate of drug-likeness (QED) is 0.630. The Morgan fingerprint density at radius 3 is 2.75 bits per heavy atom. The molecular formula is C9H8F2N4S. The van der Waals surface area contributed by atoms with Crippen LogP contribution in [-0.4, -0.2) is 9.59 Å². The van der Waals surface area contributed by atoms with Gasteiger partial charge in [-0.1, -0.05) is 10.6 Å². The van der Waals surface area contributed by atoms with Gasteiger partial charge < -0.3 is 0 Å². The van der Waals surface area contributed by atoms with E-state index >= 15 is 0 Å². The van der Waals surface area contributed by atoms with E-state index in [0.29, 0.717) is 5.69 Å². The van der Waals surface area contributed by atoms with Gasteiger partial charge in [0.2, 0.25) is 0 Å². The predicted molar refractivity (Wildman–Crippen MR) is 55.4 cm³/mol. The first-order valence-electron chi connectivity index (χ1n) is 4.40. The van der Waals surface area contributed by atoms with Crippen LogP contribution in [0.4, 0.5) is 8.78 Å². The SMILES string of the molecule is NNC(c1csnn1)c1ccc(F)cc1F. The third kappa shape index (κ3) is 2.06. The zero-order chi connectivity index (χ0) is 11.5. The van der Waals surface area contributed by atoms with E-state index < -0.39 is 17.7 Å². The van der Waals surface area contributed by atoms with Gasteiger partial charge in [-0.25, -0.2) is 14.2 Å². The fraction of sp³-hybridized carbons (Fsp3) is 0.111. The highest BCUT2D eigenvalue weighted by Crippen LogP contribution is 2.23. The van der Waals surface area contributed by atoms with Crippen LogP contribution in [0.2, 0.25) is 0 Å². The van der Waals surface area contributed by atoms with Gasteiger partial charge in [0.25, 0.3) is 0 Å². The molecule has 7 heteroatoms. The number of nitrogens with two attached hydrogens (primary N) is 1. The number of hydrogen-bond donors (Lipinski definition) is 2. The lowest BCUT2D eigenvalue weighted by Crippen LogP contribution is -2.29. The second kappa shape index (κ2) is 4.60. The Morgan fingerprint density at radius 2 is 2.19 bits per heavy atom. The van der Waals surface area contributed by atoms with Crippen molar-refractivity contribution >= 4 is 11.5 Å². The Hall–Kier alpha value is -1.44. The maximum atomic E-state index is 13.5. The molecule has 1 unspecified atom stereocenters. The second-order valence-electron chi connectivity index (χ2n) is 3.10. The Balaban J connectivity index is 2.41. The molecule has 0 saturated heterocycles. The van der Waals surface area contributed by atoms with Crippen molar-refractivity contribution in [2.24, 2.45) is 5.84 Å². The molecule has 2 rings (SSSR count). The van der Waals surface area contributed by atoms with E-state index in [4.69, 9.17) is 5.84 Å². The summed E-state index contributed by atoms with van der Waals surface area (Å²) < 4.78 is 29.9. The molecule has 16 heavy (non-hydrogen) atoms. The van der Waals surface area contributed by atoms with E-state index in [9.17, 15) is 8.78 Å². The van der Waals surface area contributed by atoms with E-state index in [0.717, 1.165) is 17.6 Å². The van der Waals surface area contributed by atoms with Gasteiger partial charge >= 0.3 is 0 Å². The Kier molecular flexibility index (Phi) is 3.18. The molecule has 0 bridgehead atoms. The lowest BCUT2D eigenvalue weighted by molar-refractivity contribution is 0.536. The molecule has 1 aromatic heterocycles. The number of hydrogen-bond acceptors (Lipinski definition) is 5. The van der Waals surface area contributed by atoms with Crippen LogP contribution in [0, 0.1) is 11.6 Å². The van der Waals surface area contributed by atoms with Crippen LogP contribution in [0.5, 0.6) is 0 Å². The molecule has 2 aromatic rings. The molecule has 0 spiro atoms. The van der Waals surface area contributed by atoms with Crippen LogP contribution in [0.25, 0.3) is 0 Å². The van der Waals surface area contributed by atoms with Crippen molar-refractivity contribution in [2.45, 2.75) is 6.04 Å². The molecule has 0 radical (unpaired) electrons. The van der Waals surface area contributed by atoms with Crippen LogP contribution < -0.4 is 11.3 Å². The minimum Gasteiger partial charge on any atom is -0.271 e. The fourth-order valence-electron chi connectivity index (χ4n) is 1.37. The summed E-state index contributed by atoms with van der Waals surface area (Å²) in [5, 5.41) is 5.44. The van der Waals surface area contributed by atoms with E-state index in [1.807, 2.05) is 0 Å². The number of aromatic nitrogens is 2. The molecular weight excluding hydrogens is 234 g/mol. The number of halogens is 2. The minimum atomic E-state index is -0.670. The predicted octanol–water partition coefficient (Wildman–Crippen LogP) is 1.37. The summed E-state index contributed by atoms with van der Waals surface area (Å²) in [4.78, 5) is 0. The second-order valence-corrected chi connectivity index (χ2v) is 3.71. The maximum absolute atomic E-state index is 13.5. The lowest BCUT2D eigenvalue weighted by Gasteiger charge is -2.14. The fourth-order valence-corrected chi connectivity index (χ4v) is 1.85. The maximum Gasteiger partial charge on any atom is 0.131 e. The molecule has 0 saturated carbocycles. The van der Waals surface area contributed by atoms with Crippen molar-refractivity contribution < 1.29 is 8.78 Å². The average molecular weight is 242 g/mol. The van der Waals surface area contributed by atoms with Crippen LogP contribution in [0.15, 0.2) is 23.6 Å². The zero-order valence-electron chi connectivity index (χ0n) is 8.02. The molecule has 0 amide bonds. The number of nitrogens with one attached hydrogen (secondary N) is 1. The zero-order valence-corrected chi connectivity index (χ0v) is 8.84. The summed E-state index contributed by atoms with van der Waals surface area (Å²) >= 11 is 1.13. The molecule has 1 heterocycles. The summed E-state index contributed by atoms with van der Waals surface area (Å²) in [7, 11) is 0. The Bertz CT molecular complexity index is 474. The standard InChI is InChI=1S/C9H8F2N4S/c10-5-1-2-6(7(11)3-5)9(13-12)8-4-16-15-14-8/h1-4,9,13H,12H2. The summed E-state index contributed by atoms with van der Waals surface area (Å²) in [6, 6.07) is 2.68. The summed E-state index contributed by atoms with van der Waals surface area (Å²) in [5.74, 6) is 4.03. The van der Waals surface area contributed by atoms with Crippen LogP contribution in [-0.2, 0) is 0 Å².